The molecule has 1 aliphatic heterocycles. The number of halogens is 4. The minimum absolute atomic E-state index is 0.348. The summed E-state index contributed by atoms with van der Waals surface area (Å²) in [7, 11) is 0. The minimum atomic E-state index is -1.32. The second-order valence-electron chi connectivity index (χ2n) is 1.90. The van der Waals surface area contributed by atoms with Gasteiger partial charge in [0.2, 0.25) is 0 Å². The summed E-state index contributed by atoms with van der Waals surface area (Å²) in [5.74, 6) is 0. The SMILES string of the molecule is O=C(Cl)C1(Cl)SC=C(Cl)C1Cl. The third-order valence-corrected chi connectivity index (χ3v) is 4.85. The zero-order valence-electron chi connectivity index (χ0n) is 4.98. The second kappa shape index (κ2) is 3.35. The van der Waals surface area contributed by atoms with Crippen LogP contribution in [0.25, 0.3) is 0 Å². The molecule has 0 aliphatic carbocycles. The van der Waals surface area contributed by atoms with Crippen LogP contribution in [0.15, 0.2) is 10.4 Å². The Kier molecular flexibility index (Phi) is 3.04. The van der Waals surface area contributed by atoms with Gasteiger partial charge in [0.1, 0.15) is 5.38 Å². The molecule has 2 atom stereocenters. The molecule has 0 aromatic carbocycles. The molecule has 0 amide bonds. The third kappa shape index (κ3) is 1.65. The molecule has 62 valence electrons. The van der Waals surface area contributed by atoms with Gasteiger partial charge in [0, 0.05) is 5.03 Å². The van der Waals surface area contributed by atoms with Crippen molar-refractivity contribution in [2.24, 2.45) is 0 Å². The summed E-state index contributed by atoms with van der Waals surface area (Å²) in [5, 5.41) is 0.435. The van der Waals surface area contributed by atoms with Crippen LogP contribution in [-0.4, -0.2) is 14.8 Å². The highest BCUT2D eigenvalue weighted by Crippen LogP contribution is 2.49. The maximum atomic E-state index is 10.8. The standard InChI is InChI=1S/C5H2Cl4OS/c6-2-1-11-5(9,3(2)7)4(8)10/h1,3H. The van der Waals surface area contributed by atoms with Crippen LogP contribution in [-0.2, 0) is 4.79 Å². The molecule has 1 rings (SSSR count). The van der Waals surface area contributed by atoms with Crippen molar-refractivity contribution in [1.29, 1.82) is 0 Å². The highest BCUT2D eigenvalue weighted by molar-refractivity contribution is 8.06. The summed E-state index contributed by atoms with van der Waals surface area (Å²) in [5.41, 5.74) is 0. The van der Waals surface area contributed by atoms with E-state index in [0.29, 0.717) is 5.03 Å². The van der Waals surface area contributed by atoms with Gasteiger partial charge in [-0.1, -0.05) is 35.0 Å². The fourth-order valence-electron chi connectivity index (χ4n) is 0.585. The van der Waals surface area contributed by atoms with E-state index in [1.165, 1.54) is 5.41 Å². The van der Waals surface area contributed by atoms with E-state index in [2.05, 4.69) is 0 Å². The average molecular weight is 252 g/mol. The zero-order chi connectivity index (χ0) is 8.65. The first-order chi connectivity index (χ1) is 4.98. The molecule has 0 N–H and O–H groups in total. The number of hydrogen-bond acceptors (Lipinski definition) is 2. The Labute approximate surface area is 88.0 Å². The van der Waals surface area contributed by atoms with Crippen molar-refractivity contribution in [3.63, 3.8) is 0 Å². The molecule has 2 unspecified atom stereocenters. The van der Waals surface area contributed by atoms with Gasteiger partial charge in [-0.2, -0.15) is 0 Å². The predicted octanol–water partition coefficient (Wildman–Crippen LogP) is 3.12. The van der Waals surface area contributed by atoms with Crippen LogP contribution in [0.2, 0.25) is 0 Å². The highest BCUT2D eigenvalue weighted by atomic mass is 35.5. The second-order valence-corrected chi connectivity index (χ2v) is 5.05. The normalized spacial score (nSPS) is 37.1. The molecule has 1 nitrogen and oxygen atoms in total. The Bertz CT molecular complexity index is 229. The first-order valence-corrected chi connectivity index (χ1v) is 5.00. The molecule has 0 aromatic rings. The van der Waals surface area contributed by atoms with Gasteiger partial charge in [0.15, 0.2) is 4.21 Å². The van der Waals surface area contributed by atoms with Gasteiger partial charge in [-0.3, -0.25) is 4.79 Å². The lowest BCUT2D eigenvalue weighted by Gasteiger charge is -2.18. The van der Waals surface area contributed by atoms with Crippen molar-refractivity contribution < 1.29 is 4.79 Å². The van der Waals surface area contributed by atoms with E-state index in [0.717, 1.165) is 11.8 Å². The minimum Gasteiger partial charge on any atom is -0.278 e. The molecule has 0 aromatic heterocycles. The van der Waals surface area contributed by atoms with E-state index >= 15 is 0 Å². The first-order valence-electron chi connectivity index (χ1n) is 2.55. The van der Waals surface area contributed by atoms with Crippen molar-refractivity contribution in [3.8, 4) is 0 Å². The molecule has 0 radical (unpaired) electrons. The quantitative estimate of drug-likeness (QED) is 0.526. The Balaban J connectivity index is 2.88. The van der Waals surface area contributed by atoms with Crippen LogP contribution in [0.4, 0.5) is 0 Å². The van der Waals surface area contributed by atoms with E-state index in [1.54, 1.807) is 0 Å². The van der Waals surface area contributed by atoms with Crippen molar-refractivity contribution >= 4 is 63.4 Å². The Morgan fingerprint density at radius 1 is 1.73 bits per heavy atom. The summed E-state index contributed by atoms with van der Waals surface area (Å²) in [6, 6.07) is 0. The number of alkyl halides is 2. The summed E-state index contributed by atoms with van der Waals surface area (Å²) in [6.07, 6.45) is 0. The van der Waals surface area contributed by atoms with Gasteiger partial charge in [-0.25, -0.2) is 0 Å². The molecule has 0 fully saturated rings. The highest BCUT2D eigenvalue weighted by Gasteiger charge is 2.48. The van der Waals surface area contributed by atoms with Gasteiger partial charge in [0.05, 0.1) is 0 Å². The van der Waals surface area contributed by atoms with Crippen LogP contribution in [0.5, 0.6) is 0 Å². The maximum Gasteiger partial charge on any atom is 0.255 e. The molecule has 0 saturated heterocycles. The molecule has 11 heavy (non-hydrogen) atoms. The number of carbonyl (C=O) groups excluding carboxylic acids is 1. The lowest BCUT2D eigenvalue weighted by Crippen LogP contribution is -2.32. The Morgan fingerprint density at radius 2 is 2.27 bits per heavy atom. The van der Waals surface area contributed by atoms with Crippen LogP contribution < -0.4 is 0 Å². The Hall–Kier alpha value is 0.920. The fourth-order valence-corrected chi connectivity index (χ4v) is 2.70. The third-order valence-electron chi connectivity index (χ3n) is 1.18. The smallest absolute Gasteiger partial charge is 0.255 e. The van der Waals surface area contributed by atoms with Crippen molar-refractivity contribution in [2.45, 2.75) is 9.58 Å². The van der Waals surface area contributed by atoms with Gasteiger partial charge in [-0.05, 0) is 17.0 Å². The summed E-state index contributed by atoms with van der Waals surface area (Å²) in [4.78, 5) is 10.8. The van der Waals surface area contributed by atoms with Crippen LogP contribution in [0.1, 0.15) is 0 Å². The monoisotopic (exact) mass is 250 g/mol. The number of rotatable bonds is 1. The first kappa shape index (κ1) is 10.0. The average Bonchev–Trinajstić information content (AvgIpc) is 2.18. The molecule has 6 heteroatoms. The van der Waals surface area contributed by atoms with E-state index in [-0.39, 0.29) is 0 Å². The van der Waals surface area contributed by atoms with Gasteiger partial charge in [0.25, 0.3) is 5.24 Å². The van der Waals surface area contributed by atoms with Gasteiger partial charge >= 0.3 is 0 Å². The number of thioether (sulfide) groups is 1. The molecular weight excluding hydrogens is 250 g/mol. The van der Waals surface area contributed by atoms with E-state index in [4.69, 9.17) is 46.4 Å². The molecule has 1 heterocycles. The van der Waals surface area contributed by atoms with Crippen LogP contribution >= 0.6 is 58.2 Å². The molecular formula is C5H2Cl4OS. The number of allylic oxidation sites excluding steroid dienone is 1. The topological polar surface area (TPSA) is 17.1 Å². The van der Waals surface area contributed by atoms with E-state index in [1.807, 2.05) is 0 Å². The van der Waals surface area contributed by atoms with Gasteiger partial charge in [-0.15, -0.1) is 11.6 Å². The summed E-state index contributed by atoms with van der Waals surface area (Å²) < 4.78 is -1.32. The van der Waals surface area contributed by atoms with Crippen molar-refractivity contribution in [2.75, 3.05) is 0 Å². The maximum absolute atomic E-state index is 10.8. The lowest BCUT2D eigenvalue weighted by molar-refractivity contribution is -0.111. The predicted molar refractivity (Wildman–Crippen MR) is 50.6 cm³/mol. The number of hydrogen-bond donors (Lipinski definition) is 0. The summed E-state index contributed by atoms with van der Waals surface area (Å²) in [6.45, 7) is 0. The largest absolute Gasteiger partial charge is 0.278 e. The molecule has 0 spiro atoms. The number of carbonyl (C=O) groups is 1. The molecule has 0 saturated carbocycles. The van der Waals surface area contributed by atoms with Crippen LogP contribution in [0, 0.1) is 0 Å². The lowest BCUT2D eigenvalue weighted by atomic mass is 10.3. The fraction of sp³-hybridized carbons (Fsp3) is 0.400. The molecule has 0 bridgehead atoms. The van der Waals surface area contributed by atoms with Gasteiger partial charge < -0.3 is 0 Å². The zero-order valence-corrected chi connectivity index (χ0v) is 8.82. The van der Waals surface area contributed by atoms with E-state index < -0.39 is 14.8 Å². The van der Waals surface area contributed by atoms with Crippen molar-refractivity contribution in [3.05, 3.63) is 10.4 Å². The molecule has 1 aliphatic rings. The summed E-state index contributed by atoms with van der Waals surface area (Å²) >= 11 is 23.3. The van der Waals surface area contributed by atoms with Crippen LogP contribution in [0.3, 0.4) is 0 Å². The Morgan fingerprint density at radius 3 is 2.45 bits per heavy atom. The van der Waals surface area contributed by atoms with E-state index in [9.17, 15) is 4.79 Å². The van der Waals surface area contributed by atoms with Crippen molar-refractivity contribution in [1.82, 2.24) is 0 Å².